The minimum absolute atomic E-state index is 0.0582. The van der Waals surface area contributed by atoms with Crippen molar-refractivity contribution in [2.24, 2.45) is 0 Å². The van der Waals surface area contributed by atoms with Crippen LogP contribution in [-0.4, -0.2) is 33.3 Å². The average molecular weight is 492 g/mol. The third kappa shape index (κ3) is 5.09. The molecule has 0 saturated heterocycles. The summed E-state index contributed by atoms with van der Waals surface area (Å²) in [4.78, 5) is 13.0. The van der Waals surface area contributed by atoms with Crippen LogP contribution < -0.4 is 19.1 Å². The Kier molecular flexibility index (Phi) is 6.13. The lowest BCUT2D eigenvalue weighted by Crippen LogP contribution is -2.48. The van der Waals surface area contributed by atoms with E-state index < -0.39 is 34.1 Å². The van der Waals surface area contributed by atoms with Gasteiger partial charge in [0.1, 0.15) is 11.5 Å². The molecule has 1 heterocycles. The van der Waals surface area contributed by atoms with Crippen molar-refractivity contribution in [1.82, 2.24) is 0 Å². The zero-order valence-electron chi connectivity index (χ0n) is 17.7. The van der Waals surface area contributed by atoms with Gasteiger partial charge in [-0.15, -0.1) is 13.2 Å². The molecule has 0 saturated carbocycles. The molecule has 178 valence electrons. The van der Waals surface area contributed by atoms with Crippen LogP contribution in [0.25, 0.3) is 0 Å². The standard InChI is InChI=1S/C23H19F3N2O5S/c1-15-7-12-19-20(13-15)32-21(14-28(19)34(30,31)18-5-3-2-4-6-18)22(29)27-16-8-10-17(11-9-16)33-23(24,25)26/h2-13,21H,14H2,1H3,(H,27,29)/t21-/m1/s1. The molecular weight excluding hydrogens is 473 g/mol. The number of sulfonamides is 1. The molecule has 1 aliphatic rings. The summed E-state index contributed by atoms with van der Waals surface area (Å²) < 4.78 is 74.4. The maximum absolute atomic E-state index is 13.3. The molecule has 3 aromatic rings. The molecule has 11 heteroatoms. The number of nitrogens with zero attached hydrogens (tertiary/aromatic N) is 1. The van der Waals surface area contributed by atoms with Gasteiger partial charge in [-0.2, -0.15) is 0 Å². The van der Waals surface area contributed by atoms with E-state index in [4.69, 9.17) is 4.74 Å². The number of hydrogen-bond donors (Lipinski definition) is 1. The molecular formula is C23H19F3N2O5S. The number of benzene rings is 3. The van der Waals surface area contributed by atoms with Crippen LogP contribution in [0.15, 0.2) is 77.7 Å². The first-order valence-corrected chi connectivity index (χ1v) is 11.5. The predicted molar refractivity (Wildman–Crippen MR) is 118 cm³/mol. The maximum atomic E-state index is 13.3. The van der Waals surface area contributed by atoms with E-state index in [0.717, 1.165) is 22.0 Å². The van der Waals surface area contributed by atoms with Gasteiger partial charge in [-0.1, -0.05) is 24.3 Å². The van der Waals surface area contributed by atoms with Crippen LogP contribution in [0, 0.1) is 6.92 Å². The third-order valence-electron chi connectivity index (χ3n) is 4.96. The molecule has 0 fully saturated rings. The zero-order chi connectivity index (χ0) is 24.5. The number of amides is 1. The SMILES string of the molecule is Cc1ccc2c(c1)O[C@@H](C(=O)Nc1ccc(OC(F)(F)F)cc1)CN2S(=O)(=O)c1ccccc1. The van der Waals surface area contributed by atoms with E-state index in [1.165, 1.54) is 24.3 Å². The molecule has 3 aromatic carbocycles. The fourth-order valence-electron chi connectivity index (χ4n) is 3.41. The summed E-state index contributed by atoms with van der Waals surface area (Å²) in [6.07, 6.45) is -6.04. The highest BCUT2D eigenvalue weighted by Gasteiger charge is 2.37. The molecule has 34 heavy (non-hydrogen) atoms. The number of halogens is 3. The highest BCUT2D eigenvalue weighted by molar-refractivity contribution is 7.92. The number of hydrogen-bond acceptors (Lipinski definition) is 5. The number of carbonyl (C=O) groups excluding carboxylic acids is 1. The van der Waals surface area contributed by atoms with Crippen molar-refractivity contribution < 1.29 is 35.9 Å². The maximum Gasteiger partial charge on any atom is 0.573 e. The molecule has 1 amide bonds. The molecule has 1 atom stereocenters. The molecule has 0 aromatic heterocycles. The Balaban J connectivity index is 1.59. The molecule has 1 N–H and O–H groups in total. The normalized spacial score (nSPS) is 15.8. The van der Waals surface area contributed by atoms with Crippen molar-refractivity contribution in [3.63, 3.8) is 0 Å². The lowest BCUT2D eigenvalue weighted by atomic mass is 10.1. The van der Waals surface area contributed by atoms with E-state index in [1.54, 1.807) is 43.3 Å². The summed E-state index contributed by atoms with van der Waals surface area (Å²) in [7, 11) is -4.00. The van der Waals surface area contributed by atoms with Gasteiger partial charge in [-0.3, -0.25) is 9.10 Å². The number of carbonyl (C=O) groups is 1. The Morgan fingerprint density at radius 2 is 1.74 bits per heavy atom. The molecule has 0 unspecified atom stereocenters. The third-order valence-corrected chi connectivity index (χ3v) is 6.76. The monoisotopic (exact) mass is 492 g/mol. The number of ether oxygens (including phenoxy) is 2. The van der Waals surface area contributed by atoms with Crippen molar-refractivity contribution in [2.45, 2.75) is 24.3 Å². The second kappa shape index (κ2) is 8.90. The van der Waals surface area contributed by atoms with Gasteiger partial charge >= 0.3 is 6.36 Å². The quantitative estimate of drug-likeness (QED) is 0.568. The Hall–Kier alpha value is -3.73. The topological polar surface area (TPSA) is 84.9 Å². The first-order chi connectivity index (χ1) is 16.0. The van der Waals surface area contributed by atoms with Crippen LogP contribution in [0.4, 0.5) is 24.5 Å². The van der Waals surface area contributed by atoms with E-state index in [1.807, 2.05) is 0 Å². The Morgan fingerprint density at radius 3 is 2.38 bits per heavy atom. The molecule has 0 radical (unpaired) electrons. The number of nitrogens with one attached hydrogen (secondary N) is 1. The van der Waals surface area contributed by atoms with Crippen LogP contribution in [0.1, 0.15) is 5.56 Å². The highest BCUT2D eigenvalue weighted by Crippen LogP contribution is 2.38. The lowest BCUT2D eigenvalue weighted by molar-refractivity contribution is -0.274. The first kappa shape index (κ1) is 23.4. The number of aryl methyl sites for hydroxylation is 1. The van der Waals surface area contributed by atoms with E-state index in [0.29, 0.717) is 5.69 Å². The van der Waals surface area contributed by atoms with E-state index in [-0.39, 0.29) is 22.9 Å². The van der Waals surface area contributed by atoms with Crippen molar-refractivity contribution in [2.75, 3.05) is 16.2 Å². The van der Waals surface area contributed by atoms with Gasteiger partial charge in [-0.25, -0.2) is 8.42 Å². The van der Waals surface area contributed by atoms with E-state index in [2.05, 4.69) is 10.1 Å². The molecule has 0 bridgehead atoms. The second-order valence-corrected chi connectivity index (χ2v) is 9.35. The Labute approximate surface area is 193 Å². The van der Waals surface area contributed by atoms with E-state index >= 15 is 0 Å². The summed E-state index contributed by atoms with van der Waals surface area (Å²) in [5.41, 5.74) is 1.29. The fraction of sp³-hybridized carbons (Fsp3) is 0.174. The Bertz CT molecular complexity index is 1300. The molecule has 4 rings (SSSR count). The largest absolute Gasteiger partial charge is 0.573 e. The summed E-state index contributed by atoms with van der Waals surface area (Å²) in [6.45, 7) is 1.50. The molecule has 0 aliphatic carbocycles. The number of alkyl halides is 3. The fourth-order valence-corrected chi connectivity index (χ4v) is 4.90. The number of anilines is 2. The van der Waals surface area contributed by atoms with Crippen LogP contribution in [0.3, 0.4) is 0 Å². The predicted octanol–water partition coefficient (Wildman–Crippen LogP) is 4.49. The minimum atomic E-state index is -4.83. The van der Waals surface area contributed by atoms with Crippen LogP contribution in [-0.2, 0) is 14.8 Å². The smallest absolute Gasteiger partial charge is 0.476 e. The van der Waals surface area contributed by atoms with Gasteiger partial charge in [0, 0.05) is 5.69 Å². The minimum Gasteiger partial charge on any atom is -0.476 e. The van der Waals surface area contributed by atoms with Crippen LogP contribution in [0.5, 0.6) is 11.5 Å². The average Bonchev–Trinajstić information content (AvgIpc) is 2.79. The zero-order valence-corrected chi connectivity index (χ0v) is 18.6. The molecule has 0 spiro atoms. The molecule has 7 nitrogen and oxygen atoms in total. The van der Waals surface area contributed by atoms with Gasteiger partial charge in [-0.05, 0) is 61.0 Å². The van der Waals surface area contributed by atoms with Gasteiger partial charge in [0.05, 0.1) is 17.1 Å². The van der Waals surface area contributed by atoms with Gasteiger partial charge in [0.2, 0.25) is 0 Å². The first-order valence-electron chi connectivity index (χ1n) is 10.0. The van der Waals surface area contributed by atoms with Gasteiger partial charge in [0.25, 0.3) is 15.9 Å². The van der Waals surface area contributed by atoms with Crippen LogP contribution >= 0.6 is 0 Å². The Morgan fingerprint density at radius 1 is 1.06 bits per heavy atom. The summed E-state index contributed by atoms with van der Waals surface area (Å²) in [5.74, 6) is -0.881. The molecule has 1 aliphatic heterocycles. The number of rotatable bonds is 5. The van der Waals surface area contributed by atoms with Gasteiger partial charge < -0.3 is 14.8 Å². The summed E-state index contributed by atoms with van der Waals surface area (Å²) in [5, 5.41) is 2.54. The summed E-state index contributed by atoms with van der Waals surface area (Å²) in [6, 6.07) is 17.3. The number of fused-ring (bicyclic) bond motifs is 1. The van der Waals surface area contributed by atoms with E-state index in [9.17, 15) is 26.4 Å². The van der Waals surface area contributed by atoms with Crippen molar-refractivity contribution in [3.8, 4) is 11.5 Å². The second-order valence-electron chi connectivity index (χ2n) is 7.49. The van der Waals surface area contributed by atoms with Crippen molar-refractivity contribution >= 4 is 27.3 Å². The van der Waals surface area contributed by atoms with Crippen molar-refractivity contribution in [1.29, 1.82) is 0 Å². The van der Waals surface area contributed by atoms with Crippen LogP contribution in [0.2, 0.25) is 0 Å². The highest BCUT2D eigenvalue weighted by atomic mass is 32.2. The van der Waals surface area contributed by atoms with Gasteiger partial charge in [0.15, 0.2) is 6.10 Å². The lowest BCUT2D eigenvalue weighted by Gasteiger charge is -2.35. The summed E-state index contributed by atoms with van der Waals surface area (Å²) >= 11 is 0. The van der Waals surface area contributed by atoms with Crippen molar-refractivity contribution in [3.05, 3.63) is 78.4 Å².